The zero-order valence-electron chi connectivity index (χ0n) is 13.6. The number of aryl methyl sites for hydroxylation is 1. The van der Waals surface area contributed by atoms with E-state index in [1.165, 1.54) is 12.5 Å². The molecule has 130 valence electrons. The minimum absolute atomic E-state index is 0.0248. The molecule has 1 aliphatic heterocycles. The second-order valence-corrected chi connectivity index (χ2v) is 8.13. The predicted octanol–water partition coefficient (Wildman–Crippen LogP) is 0.806. The quantitative estimate of drug-likeness (QED) is 0.859. The highest BCUT2D eigenvalue weighted by Crippen LogP contribution is 2.30. The van der Waals surface area contributed by atoms with Gasteiger partial charge in [-0.25, -0.2) is 13.4 Å². The van der Waals surface area contributed by atoms with Crippen LogP contribution in [-0.2, 0) is 21.2 Å². The van der Waals surface area contributed by atoms with Crippen LogP contribution in [0.25, 0.3) is 0 Å². The maximum absolute atomic E-state index is 12.4. The van der Waals surface area contributed by atoms with Crippen LogP contribution in [0.4, 0.5) is 0 Å². The summed E-state index contributed by atoms with van der Waals surface area (Å²) in [6.07, 6.45) is 9.84. The number of aromatic amines is 1. The highest BCUT2D eigenvalue weighted by Gasteiger charge is 2.29. The molecule has 1 fully saturated rings. The number of amides is 1. The summed E-state index contributed by atoms with van der Waals surface area (Å²) in [5.41, 5.74) is 0.615. The molecule has 1 saturated heterocycles. The van der Waals surface area contributed by atoms with Gasteiger partial charge in [0.05, 0.1) is 18.2 Å². The van der Waals surface area contributed by atoms with Crippen LogP contribution in [0.3, 0.4) is 0 Å². The van der Waals surface area contributed by atoms with E-state index in [9.17, 15) is 13.2 Å². The highest BCUT2D eigenvalue weighted by molar-refractivity contribution is 7.90. The van der Waals surface area contributed by atoms with Gasteiger partial charge in [0.15, 0.2) is 9.84 Å². The predicted molar refractivity (Wildman–Crippen MR) is 87.1 cm³/mol. The molecule has 0 aliphatic carbocycles. The van der Waals surface area contributed by atoms with Gasteiger partial charge in [-0.15, -0.1) is 0 Å². The maximum Gasteiger partial charge on any atom is 0.224 e. The number of imidazole rings is 1. The average Bonchev–Trinajstić information content (AvgIpc) is 3.23. The first-order chi connectivity index (χ1) is 11.4. The van der Waals surface area contributed by atoms with E-state index < -0.39 is 9.84 Å². The number of hydrogen-bond acceptors (Lipinski definition) is 5. The highest BCUT2D eigenvalue weighted by atomic mass is 32.2. The molecule has 1 aliphatic rings. The van der Waals surface area contributed by atoms with Gasteiger partial charge in [0, 0.05) is 50.6 Å². The Labute approximate surface area is 140 Å². The number of sulfone groups is 1. The third kappa shape index (κ3) is 3.66. The Morgan fingerprint density at radius 1 is 1.46 bits per heavy atom. The summed E-state index contributed by atoms with van der Waals surface area (Å²) in [4.78, 5) is 18.5. The minimum Gasteiger partial charge on any atom is -0.342 e. The largest absolute Gasteiger partial charge is 0.342 e. The first kappa shape index (κ1) is 16.7. The summed E-state index contributed by atoms with van der Waals surface area (Å²) in [5, 5.41) is 6.70. The fourth-order valence-electron chi connectivity index (χ4n) is 3.11. The van der Waals surface area contributed by atoms with Gasteiger partial charge in [-0.2, -0.15) is 5.10 Å². The van der Waals surface area contributed by atoms with Crippen molar-refractivity contribution in [1.82, 2.24) is 24.6 Å². The Hall–Kier alpha value is -2.16. The molecule has 2 aromatic rings. The third-order valence-corrected chi connectivity index (χ3v) is 5.48. The van der Waals surface area contributed by atoms with Crippen molar-refractivity contribution < 1.29 is 13.2 Å². The van der Waals surface area contributed by atoms with Crippen molar-refractivity contribution in [3.63, 3.8) is 0 Å². The topological polar surface area (TPSA) is 101 Å². The summed E-state index contributed by atoms with van der Waals surface area (Å²) < 4.78 is 25.6. The van der Waals surface area contributed by atoms with Crippen LogP contribution in [0.2, 0.25) is 0 Å². The van der Waals surface area contributed by atoms with E-state index in [-0.39, 0.29) is 16.7 Å². The minimum atomic E-state index is -3.32. The smallest absolute Gasteiger partial charge is 0.224 e. The Kier molecular flexibility index (Phi) is 4.70. The average molecular weight is 351 g/mol. The molecule has 24 heavy (non-hydrogen) atoms. The van der Waals surface area contributed by atoms with E-state index in [1.807, 2.05) is 15.7 Å². The molecule has 8 nitrogen and oxygen atoms in total. The number of aromatic nitrogens is 4. The summed E-state index contributed by atoms with van der Waals surface area (Å²) in [5.74, 6) is 0.0528. The summed E-state index contributed by atoms with van der Waals surface area (Å²) in [7, 11) is -3.32. The zero-order valence-corrected chi connectivity index (χ0v) is 14.4. The summed E-state index contributed by atoms with van der Waals surface area (Å²) >= 11 is 0. The van der Waals surface area contributed by atoms with Gasteiger partial charge in [0.1, 0.15) is 4.90 Å². The van der Waals surface area contributed by atoms with Crippen LogP contribution in [0.15, 0.2) is 29.8 Å². The lowest BCUT2D eigenvalue weighted by Gasteiger charge is -2.32. The number of carbonyl (C=O) groups is 1. The fraction of sp³-hybridized carbons (Fsp3) is 0.533. The number of nitrogens with one attached hydrogen (secondary N) is 1. The molecule has 1 amide bonds. The van der Waals surface area contributed by atoms with Gasteiger partial charge in [-0.3, -0.25) is 9.89 Å². The van der Waals surface area contributed by atoms with Gasteiger partial charge in [0.25, 0.3) is 0 Å². The molecule has 0 bridgehead atoms. The molecule has 0 spiro atoms. The molecule has 9 heteroatoms. The molecule has 0 radical (unpaired) electrons. The lowest BCUT2D eigenvalue weighted by atomic mass is 9.94. The maximum atomic E-state index is 12.4. The monoisotopic (exact) mass is 351 g/mol. The normalized spacial score (nSPS) is 18.7. The van der Waals surface area contributed by atoms with Crippen LogP contribution in [0, 0.1) is 0 Å². The Morgan fingerprint density at radius 2 is 2.29 bits per heavy atom. The van der Waals surface area contributed by atoms with E-state index in [0.29, 0.717) is 31.7 Å². The van der Waals surface area contributed by atoms with Crippen LogP contribution in [0.1, 0.15) is 30.9 Å². The van der Waals surface area contributed by atoms with Gasteiger partial charge in [-0.05, 0) is 12.8 Å². The van der Waals surface area contributed by atoms with Crippen molar-refractivity contribution in [2.75, 3.05) is 19.3 Å². The van der Waals surface area contributed by atoms with Crippen molar-refractivity contribution in [3.8, 4) is 0 Å². The molecule has 0 saturated carbocycles. The molecule has 1 N–H and O–H groups in total. The second kappa shape index (κ2) is 6.76. The van der Waals surface area contributed by atoms with Crippen molar-refractivity contribution >= 4 is 15.7 Å². The first-order valence-electron chi connectivity index (χ1n) is 7.92. The lowest BCUT2D eigenvalue weighted by Crippen LogP contribution is -2.39. The molecular formula is C15H21N5O3S. The SMILES string of the molecule is CS(=O)(=O)c1cn[nH]c1C1CCCN(C(=O)CCn2ccnc2)C1. The third-order valence-electron chi connectivity index (χ3n) is 4.36. The number of likely N-dealkylation sites (tertiary alicyclic amines) is 1. The first-order valence-corrected chi connectivity index (χ1v) is 9.81. The van der Waals surface area contributed by atoms with Gasteiger partial charge in [-0.1, -0.05) is 0 Å². The molecule has 2 aromatic heterocycles. The van der Waals surface area contributed by atoms with Crippen molar-refractivity contribution in [1.29, 1.82) is 0 Å². The fourth-order valence-corrected chi connectivity index (χ4v) is 3.97. The summed E-state index contributed by atoms with van der Waals surface area (Å²) in [6.45, 7) is 1.83. The summed E-state index contributed by atoms with van der Waals surface area (Å²) in [6, 6.07) is 0. The number of H-pyrrole nitrogens is 1. The number of hydrogen-bond donors (Lipinski definition) is 1. The standard InChI is InChI=1S/C15H21N5O3S/c1-24(22,23)13-9-17-18-15(13)12-3-2-6-20(10-12)14(21)4-7-19-8-5-16-11-19/h5,8-9,11-12H,2-4,6-7,10H2,1H3,(H,17,18). The number of rotatable bonds is 5. The Morgan fingerprint density at radius 3 is 3.00 bits per heavy atom. The number of carbonyl (C=O) groups excluding carboxylic acids is 1. The molecule has 3 rings (SSSR count). The van der Waals surface area contributed by atoms with E-state index in [2.05, 4.69) is 15.2 Å². The van der Waals surface area contributed by atoms with E-state index >= 15 is 0 Å². The second-order valence-electron chi connectivity index (χ2n) is 6.15. The molecule has 1 atom stereocenters. The van der Waals surface area contributed by atoms with E-state index in [4.69, 9.17) is 0 Å². The molecular weight excluding hydrogens is 330 g/mol. The van der Waals surface area contributed by atoms with Gasteiger partial charge in [0.2, 0.25) is 5.91 Å². The molecule has 1 unspecified atom stereocenters. The Balaban J connectivity index is 1.66. The van der Waals surface area contributed by atoms with Crippen molar-refractivity contribution in [2.24, 2.45) is 0 Å². The van der Waals surface area contributed by atoms with Crippen molar-refractivity contribution in [2.45, 2.75) is 36.6 Å². The number of piperidine rings is 1. The molecule has 3 heterocycles. The number of nitrogens with zero attached hydrogens (tertiary/aromatic N) is 4. The van der Waals surface area contributed by atoms with Crippen molar-refractivity contribution in [3.05, 3.63) is 30.6 Å². The van der Waals surface area contributed by atoms with Crippen LogP contribution in [-0.4, -0.2) is 58.3 Å². The van der Waals surface area contributed by atoms with Crippen LogP contribution >= 0.6 is 0 Å². The Bertz CT molecular complexity index is 797. The lowest BCUT2D eigenvalue weighted by molar-refractivity contribution is -0.132. The van der Waals surface area contributed by atoms with Gasteiger partial charge >= 0.3 is 0 Å². The zero-order chi connectivity index (χ0) is 17.2. The van der Waals surface area contributed by atoms with Gasteiger partial charge < -0.3 is 9.47 Å². The van der Waals surface area contributed by atoms with E-state index in [0.717, 1.165) is 12.8 Å². The molecule has 0 aromatic carbocycles. The van der Waals surface area contributed by atoms with Crippen LogP contribution < -0.4 is 0 Å². The van der Waals surface area contributed by atoms with Crippen LogP contribution in [0.5, 0.6) is 0 Å². The van der Waals surface area contributed by atoms with E-state index in [1.54, 1.807) is 12.5 Å².